The summed E-state index contributed by atoms with van der Waals surface area (Å²) in [4.78, 5) is 79.9. The van der Waals surface area contributed by atoms with Crippen LogP contribution in [0.5, 0.6) is 0 Å². The number of fused-ring (bicyclic) bond motifs is 1. The summed E-state index contributed by atoms with van der Waals surface area (Å²) < 4.78 is 0. The number of piperidine rings is 2. The maximum atomic E-state index is 13.6. The summed E-state index contributed by atoms with van der Waals surface area (Å²) in [6.45, 7) is 17.0. The number of carbonyl (C=O) groups excluding carboxylic acids is 5. The highest BCUT2D eigenvalue weighted by Crippen LogP contribution is 2.48. The van der Waals surface area contributed by atoms with E-state index in [4.69, 9.17) is 18.2 Å². The van der Waals surface area contributed by atoms with Crippen molar-refractivity contribution < 1.29 is 24.0 Å². The van der Waals surface area contributed by atoms with E-state index in [0.717, 1.165) is 87.0 Å². The minimum Gasteiger partial charge on any atom is -0.371 e. The Morgan fingerprint density at radius 2 is 1.46 bits per heavy atom. The maximum Gasteiger partial charge on any atom is 0.262 e. The summed E-state index contributed by atoms with van der Waals surface area (Å²) in [6, 6.07) is 18.8. The molecule has 14 heteroatoms. The number of hydrogen-bond acceptors (Lipinski definition) is 9. The molecule has 3 aromatic rings. The zero-order chi connectivity index (χ0) is 39.6. The molecule has 0 aromatic heterocycles. The van der Waals surface area contributed by atoms with Crippen LogP contribution in [-0.4, -0.2) is 121 Å². The van der Waals surface area contributed by atoms with E-state index in [1.807, 2.05) is 41.3 Å². The molecule has 1 unspecified atom stereocenters. The van der Waals surface area contributed by atoms with Crippen molar-refractivity contribution in [3.05, 3.63) is 93.8 Å². The molecule has 0 saturated carbocycles. The Hall–Kier alpha value is -5.45. The van der Waals surface area contributed by atoms with Crippen LogP contribution >= 0.6 is 11.6 Å². The molecule has 6 aliphatic rings. The van der Waals surface area contributed by atoms with Crippen LogP contribution in [0.2, 0.25) is 5.02 Å². The Morgan fingerprint density at radius 1 is 0.789 bits per heavy atom. The molecule has 0 bridgehead atoms. The second-order valence-corrected chi connectivity index (χ2v) is 16.7. The lowest BCUT2D eigenvalue weighted by Crippen LogP contribution is -2.63. The normalized spacial score (nSPS) is 23.8. The van der Waals surface area contributed by atoms with Crippen molar-refractivity contribution in [1.29, 1.82) is 0 Å². The van der Waals surface area contributed by atoms with Crippen LogP contribution in [0.1, 0.15) is 70.1 Å². The van der Waals surface area contributed by atoms with Crippen LogP contribution in [0.4, 0.5) is 22.7 Å². The molecule has 5 fully saturated rings. The maximum absolute atomic E-state index is 13.6. The van der Waals surface area contributed by atoms with Crippen molar-refractivity contribution in [3.63, 3.8) is 0 Å². The Morgan fingerprint density at radius 3 is 2.14 bits per heavy atom. The third kappa shape index (κ3) is 6.48. The van der Waals surface area contributed by atoms with Gasteiger partial charge < -0.3 is 19.6 Å². The lowest BCUT2D eigenvalue weighted by molar-refractivity contribution is -0.136. The first kappa shape index (κ1) is 37.1. The zero-order valence-electron chi connectivity index (χ0n) is 32.0. The van der Waals surface area contributed by atoms with Crippen LogP contribution < -0.4 is 20.0 Å². The van der Waals surface area contributed by atoms with Crippen LogP contribution in [0.15, 0.2) is 60.7 Å². The summed E-state index contributed by atoms with van der Waals surface area (Å²) in [5, 5.41) is 2.74. The summed E-state index contributed by atoms with van der Waals surface area (Å²) in [5.41, 5.74) is 5.09. The van der Waals surface area contributed by atoms with Gasteiger partial charge in [-0.05, 0) is 92.6 Å². The third-order valence-electron chi connectivity index (χ3n) is 13.6. The van der Waals surface area contributed by atoms with Crippen molar-refractivity contribution in [2.75, 3.05) is 73.6 Å². The van der Waals surface area contributed by atoms with Gasteiger partial charge in [-0.3, -0.25) is 39.1 Å². The second kappa shape index (κ2) is 14.5. The SMILES string of the molecule is [C-]#[N+]c1ccc(N2CCC3(CCN(c4ccc(C(=O)N5CCN(C6CN(c7ccc8c(c7)C(=O)N(C7CCC(=O)NC7=O)C8=O)C6)CC5)cc4)CC3)[C@H]2C)cc1Cl. The van der Waals surface area contributed by atoms with Crippen molar-refractivity contribution in [2.45, 2.75) is 57.2 Å². The number of hydrogen-bond donors (Lipinski definition) is 1. The van der Waals surface area contributed by atoms with Gasteiger partial charge in [0.15, 0.2) is 0 Å². The van der Waals surface area contributed by atoms with Crippen LogP contribution in [0.3, 0.4) is 0 Å². The largest absolute Gasteiger partial charge is 0.371 e. The van der Waals surface area contributed by atoms with Gasteiger partial charge in [-0.15, -0.1) is 0 Å². The monoisotopic (exact) mass is 788 g/mol. The third-order valence-corrected chi connectivity index (χ3v) is 13.9. The molecule has 6 heterocycles. The van der Waals surface area contributed by atoms with E-state index in [0.29, 0.717) is 41.4 Å². The number of amides is 5. The first-order valence-corrected chi connectivity index (χ1v) is 20.3. The first-order chi connectivity index (χ1) is 27.5. The number of benzene rings is 3. The summed E-state index contributed by atoms with van der Waals surface area (Å²) in [6.07, 6.45) is 3.55. The van der Waals surface area contributed by atoms with Gasteiger partial charge in [0.25, 0.3) is 17.7 Å². The zero-order valence-corrected chi connectivity index (χ0v) is 32.7. The predicted molar refractivity (Wildman–Crippen MR) is 216 cm³/mol. The van der Waals surface area contributed by atoms with Gasteiger partial charge >= 0.3 is 0 Å². The molecule has 2 atom stereocenters. The standard InChI is InChI=1S/C43H45ClN8O5/c1-27-43(15-18-51(27)31-8-10-36(45-2)35(44)24-31)13-16-47(17-14-43)29-5-3-28(4-6-29)40(55)49-21-19-48(20-22-49)32-25-50(26-32)30-7-9-33-34(23-30)42(57)52(41(33)56)37-11-12-38(53)46-39(37)54/h3-10,23-24,27,32,37H,11-22,25-26H2,1H3,(H,46,53,54)/t27-,37?/m1/s1. The highest BCUT2D eigenvalue weighted by Gasteiger charge is 2.47. The topological polar surface area (TPSA) is 121 Å². The first-order valence-electron chi connectivity index (χ1n) is 20.0. The summed E-state index contributed by atoms with van der Waals surface area (Å²) in [7, 11) is 0. The van der Waals surface area contributed by atoms with Gasteiger partial charge in [-0.25, -0.2) is 4.85 Å². The van der Waals surface area contributed by atoms with E-state index in [1.165, 1.54) is 0 Å². The molecule has 3 aromatic carbocycles. The Balaban J connectivity index is 0.742. The number of carbonyl (C=O) groups is 5. The van der Waals surface area contributed by atoms with Gasteiger partial charge in [-0.2, -0.15) is 0 Å². The van der Waals surface area contributed by atoms with Crippen molar-refractivity contribution in [3.8, 4) is 0 Å². The number of rotatable bonds is 6. The molecule has 57 heavy (non-hydrogen) atoms. The molecular formula is C43H45ClN8O5. The highest BCUT2D eigenvalue weighted by atomic mass is 35.5. The number of halogens is 1. The van der Waals surface area contributed by atoms with Gasteiger partial charge in [0.2, 0.25) is 17.5 Å². The molecule has 0 aliphatic carbocycles. The molecule has 1 N–H and O–H groups in total. The number of imide groups is 2. The van der Waals surface area contributed by atoms with Gasteiger partial charge in [0.1, 0.15) is 6.04 Å². The van der Waals surface area contributed by atoms with Gasteiger partial charge in [-0.1, -0.05) is 17.7 Å². The molecular weight excluding hydrogens is 744 g/mol. The second-order valence-electron chi connectivity index (χ2n) is 16.3. The average Bonchev–Trinajstić information content (AvgIpc) is 3.65. The van der Waals surface area contributed by atoms with E-state index < -0.39 is 29.7 Å². The molecule has 13 nitrogen and oxygen atoms in total. The van der Waals surface area contributed by atoms with Gasteiger partial charge in [0, 0.05) is 105 Å². The van der Waals surface area contributed by atoms with E-state index in [2.05, 4.69) is 48.8 Å². The summed E-state index contributed by atoms with van der Waals surface area (Å²) in [5.74, 6) is -1.96. The number of piperazine rings is 1. The molecule has 9 rings (SSSR count). The predicted octanol–water partition coefficient (Wildman–Crippen LogP) is 4.82. The minimum absolute atomic E-state index is 0.0575. The lowest BCUT2D eigenvalue weighted by Gasteiger charge is -2.49. The summed E-state index contributed by atoms with van der Waals surface area (Å²) >= 11 is 6.38. The average molecular weight is 789 g/mol. The molecule has 6 aliphatic heterocycles. The molecule has 5 saturated heterocycles. The van der Waals surface area contributed by atoms with E-state index in [1.54, 1.807) is 12.1 Å². The van der Waals surface area contributed by atoms with E-state index in [9.17, 15) is 24.0 Å². The van der Waals surface area contributed by atoms with E-state index in [-0.39, 0.29) is 35.3 Å². The molecule has 294 valence electrons. The van der Waals surface area contributed by atoms with Crippen LogP contribution in [0.25, 0.3) is 4.85 Å². The van der Waals surface area contributed by atoms with Crippen molar-refractivity contribution in [2.24, 2.45) is 5.41 Å². The molecule has 1 spiro atoms. The van der Waals surface area contributed by atoms with Crippen molar-refractivity contribution in [1.82, 2.24) is 20.0 Å². The van der Waals surface area contributed by atoms with Crippen molar-refractivity contribution >= 4 is 63.9 Å². The van der Waals surface area contributed by atoms with Crippen LogP contribution in [-0.2, 0) is 9.59 Å². The van der Waals surface area contributed by atoms with E-state index >= 15 is 0 Å². The fourth-order valence-electron chi connectivity index (χ4n) is 9.91. The number of nitrogens with zero attached hydrogens (tertiary/aromatic N) is 7. The number of nitrogens with one attached hydrogen (secondary N) is 1. The fourth-order valence-corrected chi connectivity index (χ4v) is 10.1. The van der Waals surface area contributed by atoms with Gasteiger partial charge in [0.05, 0.1) is 17.7 Å². The lowest BCUT2D eigenvalue weighted by atomic mass is 9.73. The fraction of sp³-hybridized carbons (Fsp3) is 0.442. The quantitative estimate of drug-likeness (QED) is 0.277. The molecule has 5 amide bonds. The highest BCUT2D eigenvalue weighted by molar-refractivity contribution is 6.33. The molecule has 0 radical (unpaired) electrons. The Labute approximate surface area is 336 Å². The van der Waals surface area contributed by atoms with Crippen LogP contribution in [0, 0.1) is 12.0 Å². The Kier molecular flexibility index (Phi) is 9.44. The number of anilines is 3. The Bertz CT molecular complexity index is 2200. The smallest absolute Gasteiger partial charge is 0.262 e. The minimum atomic E-state index is -0.983.